The van der Waals surface area contributed by atoms with Crippen molar-refractivity contribution in [2.75, 3.05) is 12.3 Å². The highest BCUT2D eigenvalue weighted by Crippen LogP contribution is 2.08. The smallest absolute Gasteiger partial charge is 0.273 e. The lowest BCUT2D eigenvalue weighted by Gasteiger charge is -2.08. The minimum atomic E-state index is -0.359. The summed E-state index contributed by atoms with van der Waals surface area (Å²) in [5.74, 6) is -0.454. The summed E-state index contributed by atoms with van der Waals surface area (Å²) in [4.78, 5) is 23.2. The van der Waals surface area contributed by atoms with Crippen LogP contribution in [-0.2, 0) is 11.3 Å². The van der Waals surface area contributed by atoms with Crippen LogP contribution in [0.5, 0.6) is 0 Å². The van der Waals surface area contributed by atoms with Crippen molar-refractivity contribution in [3.63, 3.8) is 0 Å². The lowest BCUT2D eigenvalue weighted by molar-refractivity contribution is -0.121. The van der Waals surface area contributed by atoms with Crippen LogP contribution in [0.25, 0.3) is 0 Å². The van der Waals surface area contributed by atoms with E-state index in [0.717, 1.165) is 0 Å². The van der Waals surface area contributed by atoms with E-state index in [1.54, 1.807) is 10.9 Å². The standard InChI is InChI=1S/C12H21N5O2/c1-4-17-7-9(13)11(16-17)12(19)14-6-5-10(18)15-8(2)3/h7-8H,4-6,13H2,1-3H3,(H,14,19)(H,15,18). The van der Waals surface area contributed by atoms with E-state index in [1.807, 2.05) is 20.8 Å². The van der Waals surface area contributed by atoms with Crippen LogP contribution in [0, 0.1) is 0 Å². The molecular weight excluding hydrogens is 246 g/mol. The fourth-order valence-electron chi connectivity index (χ4n) is 1.54. The molecule has 1 aromatic rings. The second-order valence-corrected chi connectivity index (χ2v) is 4.52. The molecule has 1 aromatic heterocycles. The van der Waals surface area contributed by atoms with E-state index >= 15 is 0 Å². The summed E-state index contributed by atoms with van der Waals surface area (Å²) in [6.07, 6.45) is 1.85. The monoisotopic (exact) mass is 267 g/mol. The van der Waals surface area contributed by atoms with E-state index in [4.69, 9.17) is 5.73 Å². The lowest BCUT2D eigenvalue weighted by atomic mass is 10.3. The van der Waals surface area contributed by atoms with Gasteiger partial charge in [0.1, 0.15) is 0 Å². The van der Waals surface area contributed by atoms with Gasteiger partial charge in [0.15, 0.2) is 5.69 Å². The van der Waals surface area contributed by atoms with Gasteiger partial charge in [0, 0.05) is 31.7 Å². The van der Waals surface area contributed by atoms with E-state index in [9.17, 15) is 9.59 Å². The summed E-state index contributed by atoms with van der Waals surface area (Å²) in [6, 6.07) is 0.0964. The number of nitrogens with zero attached hydrogens (tertiary/aromatic N) is 2. The second kappa shape index (κ2) is 6.77. The Morgan fingerprint density at radius 1 is 1.47 bits per heavy atom. The molecule has 0 bridgehead atoms. The molecule has 0 atom stereocenters. The number of nitrogens with two attached hydrogens (primary N) is 1. The minimum Gasteiger partial charge on any atom is -0.396 e. The summed E-state index contributed by atoms with van der Waals surface area (Å²) in [5.41, 5.74) is 6.23. The number of amides is 2. The van der Waals surface area contributed by atoms with E-state index in [2.05, 4.69) is 15.7 Å². The van der Waals surface area contributed by atoms with Crippen molar-refractivity contribution in [2.24, 2.45) is 0 Å². The zero-order valence-electron chi connectivity index (χ0n) is 11.6. The number of carbonyl (C=O) groups excluding carboxylic acids is 2. The molecule has 0 aliphatic rings. The van der Waals surface area contributed by atoms with Crippen LogP contribution >= 0.6 is 0 Å². The van der Waals surface area contributed by atoms with Gasteiger partial charge in [-0.1, -0.05) is 0 Å². The summed E-state index contributed by atoms with van der Waals surface area (Å²) >= 11 is 0. The Morgan fingerprint density at radius 3 is 2.68 bits per heavy atom. The van der Waals surface area contributed by atoms with Crippen molar-refractivity contribution < 1.29 is 9.59 Å². The van der Waals surface area contributed by atoms with E-state index in [0.29, 0.717) is 12.2 Å². The first-order chi connectivity index (χ1) is 8.93. The Kier molecular flexibility index (Phi) is 5.35. The second-order valence-electron chi connectivity index (χ2n) is 4.52. The topological polar surface area (TPSA) is 102 Å². The van der Waals surface area contributed by atoms with Crippen LogP contribution in [0.2, 0.25) is 0 Å². The molecule has 7 nitrogen and oxygen atoms in total. The molecule has 0 saturated carbocycles. The number of nitrogen functional groups attached to an aromatic ring is 1. The zero-order valence-corrected chi connectivity index (χ0v) is 11.6. The molecule has 0 aromatic carbocycles. The predicted octanol–water partition coefficient (Wildman–Crippen LogP) is 0.130. The van der Waals surface area contributed by atoms with Crippen molar-refractivity contribution in [3.8, 4) is 0 Å². The summed E-state index contributed by atoms with van der Waals surface area (Å²) in [5, 5.41) is 9.43. The van der Waals surface area contributed by atoms with Crippen LogP contribution < -0.4 is 16.4 Å². The summed E-state index contributed by atoms with van der Waals surface area (Å²) < 4.78 is 1.59. The minimum absolute atomic E-state index is 0.0950. The Balaban J connectivity index is 2.43. The van der Waals surface area contributed by atoms with Gasteiger partial charge in [-0.15, -0.1) is 0 Å². The van der Waals surface area contributed by atoms with Crippen molar-refractivity contribution in [1.82, 2.24) is 20.4 Å². The Hall–Kier alpha value is -2.05. The van der Waals surface area contributed by atoms with Crippen LogP contribution in [0.4, 0.5) is 5.69 Å². The molecule has 0 spiro atoms. The molecule has 2 amide bonds. The van der Waals surface area contributed by atoms with Gasteiger partial charge in [-0.3, -0.25) is 14.3 Å². The normalized spacial score (nSPS) is 10.5. The third kappa shape index (κ3) is 4.61. The van der Waals surface area contributed by atoms with Crippen molar-refractivity contribution in [1.29, 1.82) is 0 Å². The summed E-state index contributed by atoms with van der Waals surface area (Å²) in [6.45, 7) is 6.58. The molecule has 0 unspecified atom stereocenters. The number of hydrogen-bond donors (Lipinski definition) is 3. The molecule has 1 heterocycles. The molecule has 0 saturated heterocycles. The number of carbonyl (C=O) groups is 2. The molecule has 0 radical (unpaired) electrons. The third-order valence-corrected chi connectivity index (χ3v) is 2.42. The highest BCUT2D eigenvalue weighted by Gasteiger charge is 2.14. The van der Waals surface area contributed by atoms with Gasteiger partial charge in [0.05, 0.1) is 5.69 Å². The lowest BCUT2D eigenvalue weighted by Crippen LogP contribution is -2.34. The largest absolute Gasteiger partial charge is 0.396 e. The van der Waals surface area contributed by atoms with Gasteiger partial charge in [0.2, 0.25) is 5.91 Å². The SMILES string of the molecule is CCn1cc(N)c(C(=O)NCCC(=O)NC(C)C)n1. The molecular formula is C12H21N5O2. The average molecular weight is 267 g/mol. The van der Waals surface area contributed by atoms with Gasteiger partial charge >= 0.3 is 0 Å². The van der Waals surface area contributed by atoms with Crippen LogP contribution in [0.1, 0.15) is 37.7 Å². The van der Waals surface area contributed by atoms with Crippen molar-refractivity contribution >= 4 is 17.5 Å². The van der Waals surface area contributed by atoms with Crippen LogP contribution in [-0.4, -0.2) is 34.2 Å². The van der Waals surface area contributed by atoms with Crippen molar-refractivity contribution in [2.45, 2.75) is 39.8 Å². The number of aryl methyl sites for hydroxylation is 1. The first kappa shape index (κ1) is 15.0. The molecule has 106 valence electrons. The molecule has 4 N–H and O–H groups in total. The number of hydrogen-bond acceptors (Lipinski definition) is 4. The third-order valence-electron chi connectivity index (χ3n) is 2.42. The van der Waals surface area contributed by atoms with Crippen LogP contribution in [0.3, 0.4) is 0 Å². The number of nitrogens with one attached hydrogen (secondary N) is 2. The number of anilines is 1. The molecule has 1 rings (SSSR count). The quantitative estimate of drug-likeness (QED) is 0.681. The fraction of sp³-hybridized carbons (Fsp3) is 0.583. The molecule has 0 fully saturated rings. The van der Waals surface area contributed by atoms with Gasteiger partial charge < -0.3 is 16.4 Å². The van der Waals surface area contributed by atoms with Crippen LogP contribution in [0.15, 0.2) is 6.20 Å². The van der Waals surface area contributed by atoms with E-state index < -0.39 is 0 Å². The van der Waals surface area contributed by atoms with Gasteiger partial charge in [0.25, 0.3) is 5.91 Å². The predicted molar refractivity (Wildman–Crippen MR) is 72.5 cm³/mol. The first-order valence-electron chi connectivity index (χ1n) is 6.34. The van der Waals surface area contributed by atoms with Crippen molar-refractivity contribution in [3.05, 3.63) is 11.9 Å². The first-order valence-corrected chi connectivity index (χ1v) is 6.34. The molecule has 0 aliphatic carbocycles. The molecule has 19 heavy (non-hydrogen) atoms. The number of aromatic nitrogens is 2. The Morgan fingerprint density at radius 2 is 2.16 bits per heavy atom. The highest BCUT2D eigenvalue weighted by atomic mass is 16.2. The van der Waals surface area contributed by atoms with Gasteiger partial charge in [-0.2, -0.15) is 5.10 Å². The van der Waals surface area contributed by atoms with E-state index in [-0.39, 0.29) is 36.5 Å². The fourth-order valence-corrected chi connectivity index (χ4v) is 1.54. The molecule has 7 heteroatoms. The Bertz CT molecular complexity index is 453. The average Bonchev–Trinajstić information content (AvgIpc) is 2.69. The maximum absolute atomic E-state index is 11.8. The summed E-state index contributed by atoms with van der Waals surface area (Å²) in [7, 11) is 0. The zero-order chi connectivity index (χ0) is 14.4. The highest BCUT2D eigenvalue weighted by molar-refractivity contribution is 5.97. The Labute approximate surface area is 112 Å². The maximum atomic E-state index is 11.8. The van der Waals surface area contributed by atoms with Gasteiger partial charge in [-0.25, -0.2) is 0 Å². The maximum Gasteiger partial charge on any atom is 0.273 e. The number of rotatable bonds is 6. The van der Waals surface area contributed by atoms with Gasteiger partial charge in [-0.05, 0) is 20.8 Å². The molecule has 0 aliphatic heterocycles. The van der Waals surface area contributed by atoms with E-state index in [1.165, 1.54) is 0 Å².